The number of benzene rings is 2. The van der Waals surface area contributed by atoms with Gasteiger partial charge >= 0.3 is 6.09 Å². The molecular weight excluding hydrogens is 438 g/mol. The van der Waals surface area contributed by atoms with Crippen molar-refractivity contribution in [2.45, 2.75) is 17.1 Å². The second-order valence-corrected chi connectivity index (χ2v) is 9.12. The Kier molecular flexibility index (Phi) is 6.52. The molecule has 0 bridgehead atoms. The quantitative estimate of drug-likeness (QED) is 0.541. The monoisotopic (exact) mass is 454 g/mol. The Labute approximate surface area is 177 Å². The van der Waals surface area contributed by atoms with Crippen molar-refractivity contribution in [3.8, 4) is 0 Å². The first-order chi connectivity index (χ1) is 14.2. The van der Waals surface area contributed by atoms with Crippen molar-refractivity contribution in [2.75, 3.05) is 6.61 Å². The lowest BCUT2D eigenvalue weighted by Crippen LogP contribution is -2.27. The van der Waals surface area contributed by atoms with Crippen LogP contribution >= 0.6 is 11.6 Å². The van der Waals surface area contributed by atoms with Crippen LogP contribution in [-0.4, -0.2) is 30.7 Å². The van der Waals surface area contributed by atoms with E-state index in [0.29, 0.717) is 5.02 Å². The van der Waals surface area contributed by atoms with Gasteiger partial charge in [0.25, 0.3) is 0 Å². The Bertz CT molecular complexity index is 1140. The van der Waals surface area contributed by atoms with E-state index in [9.17, 15) is 22.0 Å². The van der Waals surface area contributed by atoms with Crippen molar-refractivity contribution in [2.24, 2.45) is 5.92 Å². The lowest BCUT2D eigenvalue weighted by molar-refractivity contribution is 0.130. The minimum Gasteiger partial charge on any atom is -0.449 e. The summed E-state index contributed by atoms with van der Waals surface area (Å²) < 4.78 is 61.3. The maximum Gasteiger partial charge on any atom is 0.419 e. The van der Waals surface area contributed by atoms with E-state index in [1.807, 2.05) is 0 Å². The van der Waals surface area contributed by atoms with Crippen molar-refractivity contribution in [1.29, 1.82) is 0 Å². The van der Waals surface area contributed by atoms with Crippen LogP contribution in [0.25, 0.3) is 0 Å². The lowest BCUT2D eigenvalue weighted by Gasteiger charge is -2.25. The Morgan fingerprint density at radius 3 is 2.53 bits per heavy atom. The molecule has 3 rings (SSSR count). The third kappa shape index (κ3) is 4.68. The number of rotatable bonds is 6. The number of carbonyl (C=O) groups is 1. The summed E-state index contributed by atoms with van der Waals surface area (Å²) in [6.45, 7) is 1.12. The van der Waals surface area contributed by atoms with Crippen molar-refractivity contribution >= 4 is 27.5 Å². The number of ether oxygens (including phenoxy) is 1. The number of aromatic nitrogens is 2. The molecule has 2 atom stereocenters. The molecule has 0 amide bonds. The maximum absolute atomic E-state index is 14.5. The molecule has 6 nitrogen and oxygen atoms in total. The molecule has 3 aromatic rings. The normalized spacial score (nSPS) is 13.6. The number of hydrogen-bond donors (Lipinski definition) is 0. The highest BCUT2D eigenvalue weighted by molar-refractivity contribution is 7.91. The molecule has 0 fully saturated rings. The van der Waals surface area contributed by atoms with E-state index in [4.69, 9.17) is 16.3 Å². The average molecular weight is 455 g/mol. The predicted octanol–water partition coefficient (Wildman–Crippen LogP) is 4.65. The van der Waals surface area contributed by atoms with E-state index in [1.54, 1.807) is 0 Å². The lowest BCUT2D eigenvalue weighted by atomic mass is 10.0. The van der Waals surface area contributed by atoms with Crippen LogP contribution in [0.15, 0.2) is 66.1 Å². The number of imidazole rings is 1. The summed E-state index contributed by atoms with van der Waals surface area (Å²) in [7, 11) is -4.19. The van der Waals surface area contributed by atoms with Crippen LogP contribution in [0.4, 0.5) is 13.6 Å². The van der Waals surface area contributed by atoms with Gasteiger partial charge in [-0.1, -0.05) is 18.5 Å². The minimum atomic E-state index is -4.19. The van der Waals surface area contributed by atoms with Crippen LogP contribution in [0.3, 0.4) is 0 Å². The van der Waals surface area contributed by atoms with Crippen molar-refractivity contribution in [3.63, 3.8) is 0 Å². The molecule has 0 saturated heterocycles. The van der Waals surface area contributed by atoms with E-state index in [-0.39, 0.29) is 17.1 Å². The molecule has 0 unspecified atom stereocenters. The number of hydrogen-bond acceptors (Lipinski definition) is 5. The molecule has 0 aliphatic rings. The molecule has 0 N–H and O–H groups in total. The third-order valence-electron chi connectivity index (χ3n) is 4.44. The summed E-state index contributed by atoms with van der Waals surface area (Å²) in [6, 6.07) is 7.93. The molecule has 158 valence electrons. The second-order valence-electron chi connectivity index (χ2n) is 6.61. The Hall–Kier alpha value is -2.78. The van der Waals surface area contributed by atoms with Gasteiger partial charge in [-0.2, -0.15) is 0 Å². The van der Waals surface area contributed by atoms with Crippen LogP contribution in [-0.2, 0) is 14.6 Å². The molecule has 0 aliphatic carbocycles. The highest BCUT2D eigenvalue weighted by Crippen LogP contribution is 2.37. The molecule has 0 spiro atoms. The zero-order valence-corrected chi connectivity index (χ0v) is 17.3. The first-order valence-corrected chi connectivity index (χ1v) is 10.7. The fraction of sp³-hybridized carbons (Fsp3) is 0.200. The average Bonchev–Trinajstić information content (AvgIpc) is 3.24. The van der Waals surface area contributed by atoms with Gasteiger partial charge in [-0.05, 0) is 42.5 Å². The van der Waals surface area contributed by atoms with Gasteiger partial charge in [0.1, 0.15) is 18.0 Å². The highest BCUT2D eigenvalue weighted by atomic mass is 35.5. The highest BCUT2D eigenvalue weighted by Gasteiger charge is 2.37. The first-order valence-electron chi connectivity index (χ1n) is 8.79. The molecule has 30 heavy (non-hydrogen) atoms. The number of carbonyl (C=O) groups excluding carboxylic acids is 1. The van der Waals surface area contributed by atoms with Crippen molar-refractivity contribution < 1.29 is 26.7 Å². The van der Waals surface area contributed by atoms with E-state index in [0.717, 1.165) is 22.8 Å². The first kappa shape index (κ1) is 21.9. The summed E-state index contributed by atoms with van der Waals surface area (Å²) in [4.78, 5) is 15.7. The molecule has 1 heterocycles. The van der Waals surface area contributed by atoms with Crippen LogP contribution in [0.1, 0.15) is 17.7 Å². The Morgan fingerprint density at radius 2 is 1.90 bits per heavy atom. The molecule has 0 saturated carbocycles. The molecular formula is C20H17ClF2N2O4S. The van der Waals surface area contributed by atoms with E-state index in [2.05, 4.69) is 4.98 Å². The molecule has 10 heteroatoms. The van der Waals surface area contributed by atoms with E-state index in [1.165, 1.54) is 49.9 Å². The summed E-state index contributed by atoms with van der Waals surface area (Å²) >= 11 is 5.83. The smallest absolute Gasteiger partial charge is 0.419 e. The van der Waals surface area contributed by atoms with Gasteiger partial charge in [-0.25, -0.2) is 31.5 Å². The molecule has 0 radical (unpaired) electrons. The molecule has 0 aliphatic heterocycles. The van der Waals surface area contributed by atoms with Gasteiger partial charge in [-0.3, -0.25) is 0 Å². The summed E-state index contributed by atoms with van der Waals surface area (Å²) in [5.74, 6) is -2.58. The van der Waals surface area contributed by atoms with Crippen molar-refractivity contribution in [3.05, 3.63) is 83.4 Å². The standard InChI is InChI=1S/C20H17ClF2N2O4S/c1-13(11-29-20(26)25-9-8-24-12-25)19(17-10-15(22)4-7-18(17)23)30(27,28)16-5-2-14(21)3-6-16/h2-10,12-13,19H,11H2,1H3/t13-,19+/m1/s1. The summed E-state index contributed by atoms with van der Waals surface area (Å²) in [5.41, 5.74) is -0.351. The fourth-order valence-electron chi connectivity index (χ4n) is 3.01. The largest absolute Gasteiger partial charge is 0.449 e. The van der Waals surface area contributed by atoms with Gasteiger partial charge in [0.15, 0.2) is 9.84 Å². The number of nitrogens with zero attached hydrogens (tertiary/aromatic N) is 2. The van der Waals surface area contributed by atoms with Gasteiger partial charge < -0.3 is 4.74 Å². The van der Waals surface area contributed by atoms with Gasteiger partial charge in [-0.15, -0.1) is 0 Å². The Morgan fingerprint density at radius 1 is 1.20 bits per heavy atom. The topological polar surface area (TPSA) is 78.3 Å². The van der Waals surface area contributed by atoms with E-state index >= 15 is 0 Å². The predicted molar refractivity (Wildman–Crippen MR) is 106 cm³/mol. The zero-order chi connectivity index (χ0) is 21.9. The van der Waals surface area contributed by atoms with Crippen LogP contribution in [0.5, 0.6) is 0 Å². The van der Waals surface area contributed by atoms with Gasteiger partial charge in [0, 0.05) is 28.9 Å². The molecule has 1 aromatic heterocycles. The van der Waals surface area contributed by atoms with Gasteiger partial charge in [0.05, 0.1) is 16.8 Å². The van der Waals surface area contributed by atoms with Crippen LogP contribution < -0.4 is 0 Å². The summed E-state index contributed by atoms with van der Waals surface area (Å²) in [6.07, 6.45) is 3.19. The van der Waals surface area contributed by atoms with Crippen molar-refractivity contribution in [1.82, 2.24) is 9.55 Å². The minimum absolute atomic E-state index is 0.117. The SMILES string of the molecule is C[C@H](COC(=O)n1ccnc1)[C@@H](c1cc(F)ccc1F)S(=O)(=O)c1ccc(Cl)cc1. The number of sulfone groups is 1. The second kappa shape index (κ2) is 8.93. The zero-order valence-electron chi connectivity index (χ0n) is 15.7. The molecule has 2 aromatic carbocycles. The van der Waals surface area contributed by atoms with Crippen LogP contribution in [0.2, 0.25) is 5.02 Å². The number of halogens is 3. The maximum atomic E-state index is 14.5. The van der Waals surface area contributed by atoms with E-state index < -0.39 is 38.7 Å². The fourth-order valence-corrected chi connectivity index (χ4v) is 5.15. The van der Waals surface area contributed by atoms with Crippen LogP contribution in [0, 0.1) is 17.6 Å². The van der Waals surface area contributed by atoms with Gasteiger partial charge in [0.2, 0.25) is 0 Å². The third-order valence-corrected chi connectivity index (χ3v) is 7.01. The summed E-state index contributed by atoms with van der Waals surface area (Å²) in [5, 5.41) is -1.19. The Balaban J connectivity index is 1.98.